The highest BCUT2D eigenvalue weighted by molar-refractivity contribution is 6.30. The average Bonchev–Trinajstić information content (AvgIpc) is 2.40. The SMILES string of the molecule is Cc1cccc(C)c1CC(NN)c1ccc(Cl)cc1N. The quantitative estimate of drug-likeness (QED) is 0.460. The zero-order valence-electron chi connectivity index (χ0n) is 11.8. The summed E-state index contributed by atoms with van der Waals surface area (Å²) in [7, 11) is 0. The molecule has 0 aromatic heterocycles. The number of hydrogen-bond acceptors (Lipinski definition) is 3. The van der Waals surface area contributed by atoms with Crippen molar-refractivity contribution in [2.24, 2.45) is 5.84 Å². The fourth-order valence-electron chi connectivity index (χ4n) is 2.50. The van der Waals surface area contributed by atoms with E-state index in [0.717, 1.165) is 12.0 Å². The van der Waals surface area contributed by atoms with Crippen molar-refractivity contribution in [1.82, 2.24) is 5.43 Å². The van der Waals surface area contributed by atoms with Crippen LogP contribution in [0.15, 0.2) is 36.4 Å². The van der Waals surface area contributed by atoms with Gasteiger partial charge in [0.05, 0.1) is 6.04 Å². The normalized spacial score (nSPS) is 12.4. The molecule has 0 heterocycles. The molecule has 106 valence electrons. The van der Waals surface area contributed by atoms with Gasteiger partial charge in [-0.1, -0.05) is 35.9 Å². The Kier molecular flexibility index (Phi) is 4.65. The van der Waals surface area contributed by atoms with Gasteiger partial charge < -0.3 is 5.73 Å². The van der Waals surface area contributed by atoms with Crippen LogP contribution in [0.5, 0.6) is 0 Å². The van der Waals surface area contributed by atoms with Gasteiger partial charge in [0.15, 0.2) is 0 Å². The maximum atomic E-state index is 6.05. The van der Waals surface area contributed by atoms with Crippen LogP contribution in [0.25, 0.3) is 0 Å². The van der Waals surface area contributed by atoms with Crippen LogP contribution in [-0.4, -0.2) is 0 Å². The molecule has 0 aliphatic heterocycles. The zero-order valence-corrected chi connectivity index (χ0v) is 12.5. The molecule has 0 saturated heterocycles. The third-order valence-electron chi connectivity index (χ3n) is 3.68. The Hall–Kier alpha value is -1.55. The molecule has 0 aliphatic carbocycles. The van der Waals surface area contributed by atoms with Crippen LogP contribution >= 0.6 is 11.6 Å². The predicted octanol–water partition coefficient (Wildman–Crippen LogP) is 3.29. The number of nitrogens with two attached hydrogens (primary N) is 2. The van der Waals surface area contributed by atoms with E-state index in [9.17, 15) is 0 Å². The summed E-state index contributed by atoms with van der Waals surface area (Å²) in [6.45, 7) is 4.22. The van der Waals surface area contributed by atoms with Gasteiger partial charge in [0.2, 0.25) is 0 Å². The van der Waals surface area contributed by atoms with E-state index in [0.29, 0.717) is 10.7 Å². The van der Waals surface area contributed by atoms with Crippen molar-refractivity contribution >= 4 is 17.3 Å². The maximum Gasteiger partial charge on any atom is 0.0520 e. The number of rotatable bonds is 4. The van der Waals surface area contributed by atoms with Crippen LogP contribution in [0.3, 0.4) is 0 Å². The van der Waals surface area contributed by atoms with Crippen LogP contribution in [0.2, 0.25) is 5.02 Å². The number of aryl methyl sites for hydroxylation is 2. The molecule has 1 unspecified atom stereocenters. The van der Waals surface area contributed by atoms with Gasteiger partial charge in [-0.05, 0) is 54.7 Å². The molecule has 2 aromatic carbocycles. The van der Waals surface area contributed by atoms with Crippen LogP contribution in [0.4, 0.5) is 5.69 Å². The smallest absolute Gasteiger partial charge is 0.0520 e. The molecule has 0 fully saturated rings. The van der Waals surface area contributed by atoms with E-state index in [2.05, 4.69) is 37.5 Å². The molecule has 0 amide bonds. The number of nitrogen functional groups attached to an aromatic ring is 1. The number of hydrogen-bond donors (Lipinski definition) is 3. The molecular formula is C16H20ClN3. The van der Waals surface area contributed by atoms with Gasteiger partial charge in [0.1, 0.15) is 0 Å². The first-order valence-electron chi connectivity index (χ1n) is 6.59. The molecule has 0 spiro atoms. The topological polar surface area (TPSA) is 64.1 Å². The molecule has 0 aliphatic rings. The van der Waals surface area contributed by atoms with Crippen molar-refractivity contribution < 1.29 is 0 Å². The third-order valence-corrected chi connectivity index (χ3v) is 3.91. The Morgan fingerprint density at radius 3 is 2.35 bits per heavy atom. The largest absolute Gasteiger partial charge is 0.398 e. The summed E-state index contributed by atoms with van der Waals surface area (Å²) in [6.07, 6.45) is 0.792. The Morgan fingerprint density at radius 2 is 1.80 bits per heavy atom. The van der Waals surface area contributed by atoms with Crippen molar-refractivity contribution in [3.8, 4) is 0 Å². The minimum atomic E-state index is -0.0351. The number of halogens is 1. The van der Waals surface area contributed by atoms with Crippen LogP contribution in [0, 0.1) is 13.8 Å². The minimum Gasteiger partial charge on any atom is -0.398 e. The molecule has 3 nitrogen and oxygen atoms in total. The summed E-state index contributed by atoms with van der Waals surface area (Å²) in [4.78, 5) is 0. The summed E-state index contributed by atoms with van der Waals surface area (Å²) in [5.41, 5.74) is 14.4. The first-order chi connectivity index (χ1) is 9.52. The fourth-order valence-corrected chi connectivity index (χ4v) is 2.68. The zero-order chi connectivity index (χ0) is 14.7. The van der Waals surface area contributed by atoms with Crippen molar-refractivity contribution in [1.29, 1.82) is 0 Å². The second kappa shape index (κ2) is 6.27. The number of benzene rings is 2. The van der Waals surface area contributed by atoms with E-state index in [1.165, 1.54) is 16.7 Å². The van der Waals surface area contributed by atoms with E-state index in [-0.39, 0.29) is 6.04 Å². The number of hydrazine groups is 1. The Bertz CT molecular complexity index is 590. The molecule has 4 heteroatoms. The molecular weight excluding hydrogens is 270 g/mol. The van der Waals surface area contributed by atoms with Crippen molar-refractivity contribution in [2.75, 3.05) is 5.73 Å². The van der Waals surface area contributed by atoms with Crippen LogP contribution in [-0.2, 0) is 6.42 Å². The van der Waals surface area contributed by atoms with Crippen molar-refractivity contribution in [3.63, 3.8) is 0 Å². The number of nitrogens with one attached hydrogen (secondary N) is 1. The lowest BCUT2D eigenvalue weighted by molar-refractivity contribution is 0.551. The lowest BCUT2D eigenvalue weighted by Crippen LogP contribution is -2.30. The van der Waals surface area contributed by atoms with Gasteiger partial charge in [0.25, 0.3) is 0 Å². The highest BCUT2D eigenvalue weighted by Crippen LogP contribution is 2.28. The lowest BCUT2D eigenvalue weighted by Gasteiger charge is -2.21. The molecule has 0 bridgehead atoms. The minimum absolute atomic E-state index is 0.0351. The summed E-state index contributed by atoms with van der Waals surface area (Å²) >= 11 is 5.94. The van der Waals surface area contributed by atoms with E-state index < -0.39 is 0 Å². The third kappa shape index (κ3) is 3.12. The molecule has 2 aromatic rings. The van der Waals surface area contributed by atoms with Gasteiger partial charge in [-0.15, -0.1) is 0 Å². The first-order valence-corrected chi connectivity index (χ1v) is 6.97. The Labute approximate surface area is 124 Å². The summed E-state index contributed by atoms with van der Waals surface area (Å²) in [6, 6.07) is 11.8. The molecule has 20 heavy (non-hydrogen) atoms. The van der Waals surface area contributed by atoms with Crippen LogP contribution in [0.1, 0.15) is 28.3 Å². The number of anilines is 1. The molecule has 0 radical (unpaired) electrons. The predicted molar refractivity (Wildman–Crippen MR) is 85.5 cm³/mol. The molecule has 5 N–H and O–H groups in total. The highest BCUT2D eigenvalue weighted by atomic mass is 35.5. The monoisotopic (exact) mass is 289 g/mol. The molecule has 1 atom stereocenters. The van der Waals surface area contributed by atoms with Gasteiger partial charge >= 0.3 is 0 Å². The second-order valence-electron chi connectivity index (χ2n) is 5.07. The Balaban J connectivity index is 2.34. The second-order valence-corrected chi connectivity index (χ2v) is 5.50. The van der Waals surface area contributed by atoms with Gasteiger partial charge in [-0.3, -0.25) is 11.3 Å². The van der Waals surface area contributed by atoms with E-state index in [1.54, 1.807) is 6.07 Å². The lowest BCUT2D eigenvalue weighted by atomic mass is 9.92. The molecule has 2 rings (SSSR count). The summed E-state index contributed by atoms with van der Waals surface area (Å²) < 4.78 is 0. The maximum absolute atomic E-state index is 6.05. The standard InChI is InChI=1S/C16H20ClN3/c1-10-4-3-5-11(2)14(10)9-16(20-19)13-7-6-12(17)8-15(13)18/h3-8,16,20H,9,18-19H2,1-2H3. The molecule has 0 saturated carbocycles. The van der Waals surface area contributed by atoms with Gasteiger partial charge in [-0.25, -0.2) is 0 Å². The Morgan fingerprint density at radius 1 is 1.15 bits per heavy atom. The average molecular weight is 290 g/mol. The van der Waals surface area contributed by atoms with Gasteiger partial charge in [-0.2, -0.15) is 0 Å². The fraction of sp³-hybridized carbons (Fsp3) is 0.250. The van der Waals surface area contributed by atoms with Crippen molar-refractivity contribution in [3.05, 3.63) is 63.7 Å². The van der Waals surface area contributed by atoms with Crippen molar-refractivity contribution in [2.45, 2.75) is 26.3 Å². The summed E-state index contributed by atoms with van der Waals surface area (Å²) in [5, 5.41) is 0.633. The van der Waals surface area contributed by atoms with E-state index >= 15 is 0 Å². The summed E-state index contributed by atoms with van der Waals surface area (Å²) in [5.74, 6) is 5.72. The van der Waals surface area contributed by atoms with E-state index in [1.807, 2.05) is 12.1 Å². The van der Waals surface area contributed by atoms with Crippen LogP contribution < -0.4 is 17.0 Å². The van der Waals surface area contributed by atoms with Gasteiger partial charge in [0, 0.05) is 10.7 Å². The first kappa shape index (κ1) is 14.9. The van der Waals surface area contributed by atoms with E-state index in [4.69, 9.17) is 23.2 Å². The highest BCUT2D eigenvalue weighted by Gasteiger charge is 2.16.